The highest BCUT2D eigenvalue weighted by Crippen LogP contribution is 2.41. The van der Waals surface area contributed by atoms with E-state index in [0.717, 1.165) is 23.5 Å². The van der Waals surface area contributed by atoms with Crippen LogP contribution in [0.1, 0.15) is 35.9 Å². The van der Waals surface area contributed by atoms with Gasteiger partial charge in [-0.25, -0.2) is 0 Å². The summed E-state index contributed by atoms with van der Waals surface area (Å²) in [6.07, 6.45) is 0. The summed E-state index contributed by atoms with van der Waals surface area (Å²) in [6.45, 7) is 8.84. The van der Waals surface area contributed by atoms with Gasteiger partial charge < -0.3 is 19.6 Å². The van der Waals surface area contributed by atoms with Gasteiger partial charge in [0, 0.05) is 23.5 Å². The van der Waals surface area contributed by atoms with Gasteiger partial charge >= 0.3 is 0 Å². The van der Waals surface area contributed by atoms with E-state index in [9.17, 15) is 14.7 Å². The van der Waals surface area contributed by atoms with Gasteiger partial charge in [-0.15, -0.1) is 11.3 Å². The van der Waals surface area contributed by atoms with E-state index < -0.39 is 17.7 Å². The Kier molecular flexibility index (Phi) is 6.95. The smallest absolute Gasteiger partial charge is 0.295 e. The Labute approximate surface area is 181 Å². The van der Waals surface area contributed by atoms with Gasteiger partial charge in [0.15, 0.2) is 0 Å². The first-order valence-electron chi connectivity index (χ1n) is 10.1. The number of Topliss-reactive ketones (excluding diaryl/α,β-unsaturated/α-hetero) is 1. The minimum atomic E-state index is -0.640. The molecule has 0 unspecified atom stereocenters. The second-order valence-corrected chi connectivity index (χ2v) is 8.20. The fourth-order valence-electron chi connectivity index (χ4n) is 3.82. The van der Waals surface area contributed by atoms with Crippen molar-refractivity contribution in [3.05, 3.63) is 57.3 Å². The number of carbonyl (C=O) groups is 2. The largest absolute Gasteiger partial charge is 0.507 e. The molecule has 0 bridgehead atoms. The van der Waals surface area contributed by atoms with Crippen molar-refractivity contribution >= 4 is 28.8 Å². The molecule has 0 radical (unpaired) electrons. The van der Waals surface area contributed by atoms with Crippen LogP contribution in [0.25, 0.3) is 5.76 Å². The highest BCUT2D eigenvalue weighted by molar-refractivity contribution is 7.10. The van der Waals surface area contributed by atoms with Crippen LogP contribution in [0.15, 0.2) is 41.3 Å². The van der Waals surface area contributed by atoms with E-state index >= 15 is 0 Å². The minimum Gasteiger partial charge on any atom is -0.507 e. The number of nitrogens with zero attached hydrogens (tertiary/aromatic N) is 2. The number of hydrogen-bond donors (Lipinski definition) is 1. The average molecular weight is 429 g/mol. The molecule has 30 heavy (non-hydrogen) atoms. The van der Waals surface area contributed by atoms with Crippen molar-refractivity contribution in [3.8, 4) is 5.75 Å². The Balaban J connectivity index is 2.05. The van der Waals surface area contributed by atoms with Gasteiger partial charge in [-0.05, 0) is 55.2 Å². The number of carbonyl (C=O) groups excluding carboxylic acids is 2. The van der Waals surface area contributed by atoms with Crippen LogP contribution in [-0.4, -0.2) is 59.9 Å². The van der Waals surface area contributed by atoms with E-state index in [0.29, 0.717) is 24.4 Å². The molecule has 0 spiro atoms. The fourth-order valence-corrected chi connectivity index (χ4v) is 4.67. The third-order valence-corrected chi connectivity index (χ3v) is 6.50. The fraction of sp³-hybridized carbons (Fsp3) is 0.391. The van der Waals surface area contributed by atoms with Crippen molar-refractivity contribution in [3.63, 3.8) is 0 Å². The van der Waals surface area contributed by atoms with Crippen LogP contribution >= 0.6 is 11.3 Å². The SMILES string of the molecule is CCN(CC)CCN1C(=O)C(=O)C(=C(O)c2ccc(OC)c(C)c2)[C@H]1c1cccs1. The summed E-state index contributed by atoms with van der Waals surface area (Å²) in [5.41, 5.74) is 1.48. The molecule has 1 aliphatic rings. The third-order valence-electron chi connectivity index (χ3n) is 5.57. The van der Waals surface area contributed by atoms with E-state index in [1.165, 1.54) is 11.3 Å². The average Bonchev–Trinajstić information content (AvgIpc) is 3.36. The molecular formula is C23H28N2O4S. The zero-order valence-corrected chi connectivity index (χ0v) is 18.7. The quantitative estimate of drug-likeness (QED) is 0.393. The molecule has 1 fully saturated rings. The van der Waals surface area contributed by atoms with Crippen molar-refractivity contribution in [1.29, 1.82) is 0 Å². The maximum absolute atomic E-state index is 13.0. The van der Waals surface area contributed by atoms with Crippen molar-refractivity contribution in [2.75, 3.05) is 33.3 Å². The molecule has 1 amide bonds. The molecule has 0 saturated carbocycles. The van der Waals surface area contributed by atoms with E-state index in [4.69, 9.17) is 4.74 Å². The molecule has 0 aliphatic carbocycles. The topological polar surface area (TPSA) is 70.1 Å². The Morgan fingerprint density at radius 3 is 2.53 bits per heavy atom. The van der Waals surface area contributed by atoms with Crippen LogP contribution in [0.4, 0.5) is 0 Å². The van der Waals surface area contributed by atoms with Crippen molar-refractivity contribution in [2.24, 2.45) is 0 Å². The van der Waals surface area contributed by atoms with Gasteiger partial charge in [-0.2, -0.15) is 0 Å². The summed E-state index contributed by atoms with van der Waals surface area (Å²) < 4.78 is 5.29. The molecule has 7 heteroatoms. The first-order valence-corrected chi connectivity index (χ1v) is 11.0. The number of aliphatic hydroxyl groups excluding tert-OH is 1. The second kappa shape index (κ2) is 9.45. The molecule has 1 aromatic carbocycles. The predicted molar refractivity (Wildman–Crippen MR) is 119 cm³/mol. The molecule has 1 N–H and O–H groups in total. The number of ether oxygens (including phenoxy) is 1. The predicted octanol–water partition coefficient (Wildman–Crippen LogP) is 3.83. The third kappa shape index (κ3) is 4.13. The van der Waals surface area contributed by atoms with Crippen LogP contribution < -0.4 is 4.74 Å². The summed E-state index contributed by atoms with van der Waals surface area (Å²) in [4.78, 5) is 30.6. The Morgan fingerprint density at radius 2 is 1.97 bits per heavy atom. The summed E-state index contributed by atoms with van der Waals surface area (Å²) in [5.74, 6) is -0.657. The van der Waals surface area contributed by atoms with Crippen molar-refractivity contribution < 1.29 is 19.4 Å². The lowest BCUT2D eigenvalue weighted by Crippen LogP contribution is -2.37. The van der Waals surface area contributed by atoms with Crippen LogP contribution in [0, 0.1) is 6.92 Å². The number of likely N-dealkylation sites (tertiary alicyclic amines) is 1. The number of hydrogen-bond acceptors (Lipinski definition) is 6. The first kappa shape index (κ1) is 22.1. The number of aryl methyl sites for hydroxylation is 1. The highest BCUT2D eigenvalue weighted by atomic mass is 32.1. The molecule has 1 aromatic heterocycles. The van der Waals surface area contributed by atoms with Gasteiger partial charge in [0.2, 0.25) is 0 Å². The van der Waals surface area contributed by atoms with E-state index in [2.05, 4.69) is 18.7 Å². The lowest BCUT2D eigenvalue weighted by Gasteiger charge is -2.27. The van der Waals surface area contributed by atoms with Gasteiger partial charge in [0.25, 0.3) is 11.7 Å². The number of aliphatic hydroxyl groups is 1. The van der Waals surface area contributed by atoms with Crippen molar-refractivity contribution in [1.82, 2.24) is 9.80 Å². The monoisotopic (exact) mass is 428 g/mol. The Hall–Kier alpha value is -2.64. The van der Waals surface area contributed by atoms with E-state index in [1.54, 1.807) is 30.2 Å². The summed E-state index contributed by atoms with van der Waals surface area (Å²) in [5, 5.41) is 13.0. The molecule has 1 atom stereocenters. The zero-order valence-electron chi connectivity index (χ0n) is 17.8. The lowest BCUT2D eigenvalue weighted by molar-refractivity contribution is -0.140. The number of rotatable bonds is 8. The molecule has 1 saturated heterocycles. The van der Waals surface area contributed by atoms with Crippen LogP contribution in [0.2, 0.25) is 0 Å². The number of amides is 1. The molecule has 160 valence electrons. The van der Waals surface area contributed by atoms with Crippen LogP contribution in [0.3, 0.4) is 0 Å². The van der Waals surface area contributed by atoms with Crippen molar-refractivity contribution in [2.45, 2.75) is 26.8 Å². The Bertz CT molecular complexity index is 948. The number of benzene rings is 1. The highest BCUT2D eigenvalue weighted by Gasteiger charge is 2.46. The summed E-state index contributed by atoms with van der Waals surface area (Å²) in [6, 6.07) is 8.43. The van der Waals surface area contributed by atoms with E-state index in [-0.39, 0.29) is 11.3 Å². The number of thiophene rings is 1. The maximum atomic E-state index is 13.0. The lowest BCUT2D eigenvalue weighted by atomic mass is 9.99. The summed E-state index contributed by atoms with van der Waals surface area (Å²) in [7, 11) is 1.58. The maximum Gasteiger partial charge on any atom is 0.295 e. The van der Waals surface area contributed by atoms with Crippen LogP contribution in [-0.2, 0) is 9.59 Å². The molecule has 1 aliphatic heterocycles. The first-order chi connectivity index (χ1) is 14.4. The normalized spacial score (nSPS) is 18.4. The molecular weight excluding hydrogens is 400 g/mol. The number of ketones is 1. The van der Waals surface area contributed by atoms with Gasteiger partial charge in [0.05, 0.1) is 18.7 Å². The minimum absolute atomic E-state index is 0.145. The zero-order chi connectivity index (χ0) is 21.8. The Morgan fingerprint density at radius 1 is 1.23 bits per heavy atom. The second-order valence-electron chi connectivity index (χ2n) is 7.22. The molecule has 3 rings (SSSR count). The standard InChI is InChI=1S/C23H28N2O4S/c1-5-24(6-2)11-12-25-20(18-8-7-13-30-18)19(22(27)23(25)28)21(26)16-9-10-17(29-4)15(3)14-16/h7-10,13-14,20,26H,5-6,11-12H2,1-4H3/t20-/m1/s1. The molecule has 2 heterocycles. The van der Waals surface area contributed by atoms with Gasteiger partial charge in [-0.3, -0.25) is 9.59 Å². The number of likely N-dealkylation sites (N-methyl/N-ethyl adjacent to an activating group) is 1. The molecule has 2 aromatic rings. The van der Waals surface area contributed by atoms with Crippen LogP contribution in [0.5, 0.6) is 5.75 Å². The number of methoxy groups -OCH3 is 1. The van der Waals surface area contributed by atoms with Gasteiger partial charge in [-0.1, -0.05) is 19.9 Å². The van der Waals surface area contributed by atoms with E-state index in [1.807, 2.05) is 24.4 Å². The van der Waals surface area contributed by atoms with Gasteiger partial charge in [0.1, 0.15) is 11.5 Å². The summed E-state index contributed by atoms with van der Waals surface area (Å²) >= 11 is 1.47. The molecule has 6 nitrogen and oxygen atoms in total.